The number of rotatable bonds is 8. The third kappa shape index (κ3) is 17.8. The van der Waals surface area contributed by atoms with E-state index < -0.39 is 0 Å². The highest BCUT2D eigenvalue weighted by atomic mass is 16.5. The SMILES string of the molecule is CCCC.CCCC.CCCCC/C=C\C1=C(C)CCCC1=O.COc1ccccc1C. The highest BCUT2D eigenvalue weighted by molar-refractivity contribution is 5.99. The van der Waals surface area contributed by atoms with E-state index in [0.717, 1.165) is 37.0 Å². The molecule has 1 aromatic rings. The first-order chi connectivity index (χ1) is 15.4. The van der Waals surface area contributed by atoms with Crippen LogP contribution >= 0.6 is 0 Å². The summed E-state index contributed by atoms with van der Waals surface area (Å²) in [6, 6.07) is 7.94. The van der Waals surface area contributed by atoms with Gasteiger partial charge in [0.2, 0.25) is 0 Å². The fraction of sp³-hybridized carbons (Fsp3) is 0.633. The summed E-state index contributed by atoms with van der Waals surface area (Å²) in [5, 5.41) is 0. The number of ketones is 1. The normalized spacial score (nSPS) is 12.8. The zero-order valence-electron chi connectivity index (χ0n) is 22.6. The monoisotopic (exact) mass is 444 g/mol. The molecule has 0 unspecified atom stereocenters. The largest absolute Gasteiger partial charge is 0.496 e. The lowest BCUT2D eigenvalue weighted by atomic mass is 9.91. The highest BCUT2D eigenvalue weighted by Crippen LogP contribution is 2.22. The van der Waals surface area contributed by atoms with Crippen molar-refractivity contribution in [2.75, 3.05) is 7.11 Å². The maximum Gasteiger partial charge on any atom is 0.162 e. The topological polar surface area (TPSA) is 26.3 Å². The second-order valence-electron chi connectivity index (χ2n) is 8.34. The summed E-state index contributed by atoms with van der Waals surface area (Å²) in [6.45, 7) is 15.0. The van der Waals surface area contributed by atoms with Crippen LogP contribution in [-0.4, -0.2) is 12.9 Å². The molecule has 0 N–H and O–H groups in total. The lowest BCUT2D eigenvalue weighted by Gasteiger charge is -2.13. The van der Waals surface area contributed by atoms with Crippen molar-refractivity contribution in [3.63, 3.8) is 0 Å². The van der Waals surface area contributed by atoms with Crippen molar-refractivity contribution in [3.05, 3.63) is 53.1 Å². The van der Waals surface area contributed by atoms with E-state index in [-0.39, 0.29) is 0 Å². The molecule has 0 saturated heterocycles. The second-order valence-corrected chi connectivity index (χ2v) is 8.34. The van der Waals surface area contributed by atoms with Crippen LogP contribution in [0.25, 0.3) is 0 Å². The Morgan fingerprint density at radius 2 is 1.44 bits per heavy atom. The van der Waals surface area contributed by atoms with Gasteiger partial charge in [0, 0.05) is 12.0 Å². The van der Waals surface area contributed by atoms with Crippen LogP contribution in [0.15, 0.2) is 47.6 Å². The van der Waals surface area contributed by atoms with Crippen LogP contribution < -0.4 is 4.74 Å². The van der Waals surface area contributed by atoms with Crippen LogP contribution in [0.1, 0.15) is 118 Å². The van der Waals surface area contributed by atoms with Crippen LogP contribution in [0.5, 0.6) is 5.75 Å². The molecule has 0 radical (unpaired) electrons. The molecule has 0 aliphatic heterocycles. The molecule has 0 amide bonds. The molecule has 2 nitrogen and oxygen atoms in total. The van der Waals surface area contributed by atoms with Crippen molar-refractivity contribution >= 4 is 5.78 Å². The van der Waals surface area contributed by atoms with Gasteiger partial charge >= 0.3 is 0 Å². The van der Waals surface area contributed by atoms with E-state index in [2.05, 4.69) is 47.6 Å². The van der Waals surface area contributed by atoms with Crippen LogP contribution in [0.4, 0.5) is 0 Å². The molecule has 0 saturated carbocycles. The molecule has 184 valence electrons. The number of Topliss-reactive ketones (excluding diaryl/α,β-unsaturated/α-hetero) is 1. The Morgan fingerprint density at radius 1 is 0.844 bits per heavy atom. The predicted molar refractivity (Wildman–Crippen MR) is 144 cm³/mol. The van der Waals surface area contributed by atoms with E-state index >= 15 is 0 Å². The molecular formula is C30H52O2. The average molecular weight is 445 g/mol. The Kier molecular flexibility index (Phi) is 24.1. The third-order valence-electron chi connectivity index (χ3n) is 5.29. The molecule has 1 aliphatic rings. The maximum absolute atomic E-state index is 11.6. The number of hydrogen-bond acceptors (Lipinski definition) is 2. The summed E-state index contributed by atoms with van der Waals surface area (Å²) in [6.07, 6.45) is 17.3. The first-order valence-corrected chi connectivity index (χ1v) is 12.9. The van der Waals surface area contributed by atoms with Gasteiger partial charge < -0.3 is 4.74 Å². The van der Waals surface area contributed by atoms with Crippen LogP contribution in [0.2, 0.25) is 0 Å². The van der Waals surface area contributed by atoms with Gasteiger partial charge in [0.15, 0.2) is 5.78 Å². The Balaban J connectivity index is 0. The molecule has 0 atom stereocenters. The molecule has 0 bridgehead atoms. The zero-order chi connectivity index (χ0) is 24.6. The third-order valence-corrected chi connectivity index (χ3v) is 5.29. The number of hydrogen-bond donors (Lipinski definition) is 0. The lowest BCUT2D eigenvalue weighted by Crippen LogP contribution is -2.08. The summed E-state index contributed by atoms with van der Waals surface area (Å²) in [7, 11) is 1.68. The number of carbonyl (C=O) groups is 1. The molecule has 1 aromatic carbocycles. The van der Waals surface area contributed by atoms with Crippen molar-refractivity contribution in [1.29, 1.82) is 0 Å². The van der Waals surface area contributed by atoms with E-state index in [9.17, 15) is 4.79 Å². The minimum Gasteiger partial charge on any atom is -0.496 e. The van der Waals surface area contributed by atoms with E-state index in [0.29, 0.717) is 5.78 Å². The van der Waals surface area contributed by atoms with Gasteiger partial charge in [-0.1, -0.05) is 109 Å². The number of allylic oxidation sites excluding steroid dienone is 4. The van der Waals surface area contributed by atoms with Crippen molar-refractivity contribution in [2.24, 2.45) is 0 Å². The standard InChI is InChI=1S/C14H22O.C8H10O.2C4H10/c1-3-4-5-6-7-10-13-12(2)9-8-11-14(13)15;1-7-5-3-4-6-8(7)9-2;2*1-3-4-2/h7,10H,3-6,8-9,11H2,1-2H3;3-6H,1-2H3;2*3-4H2,1-2H3/b10-7-;;;. The molecule has 0 aromatic heterocycles. The number of methoxy groups -OCH3 is 1. The summed E-state index contributed by atoms with van der Waals surface area (Å²) in [5.74, 6) is 1.29. The van der Waals surface area contributed by atoms with Crippen molar-refractivity contribution in [3.8, 4) is 5.75 Å². The number of ether oxygens (including phenoxy) is 1. The molecule has 2 rings (SSSR count). The lowest BCUT2D eigenvalue weighted by molar-refractivity contribution is -0.115. The van der Waals surface area contributed by atoms with Crippen molar-refractivity contribution in [1.82, 2.24) is 0 Å². The van der Waals surface area contributed by atoms with Gasteiger partial charge in [-0.2, -0.15) is 0 Å². The zero-order valence-corrected chi connectivity index (χ0v) is 22.6. The van der Waals surface area contributed by atoms with Crippen LogP contribution in [0, 0.1) is 6.92 Å². The second kappa shape index (κ2) is 23.8. The van der Waals surface area contributed by atoms with Crippen molar-refractivity contribution in [2.45, 2.75) is 119 Å². The predicted octanol–water partition coefficient (Wildman–Crippen LogP) is 9.81. The first kappa shape index (κ1) is 32.4. The van der Waals surface area contributed by atoms with Crippen molar-refractivity contribution < 1.29 is 9.53 Å². The molecule has 0 heterocycles. The Morgan fingerprint density at radius 3 is 1.88 bits per heavy atom. The van der Waals surface area contributed by atoms with E-state index in [1.807, 2.05) is 37.3 Å². The summed E-state index contributed by atoms with van der Waals surface area (Å²) < 4.78 is 5.04. The van der Waals surface area contributed by atoms with E-state index in [1.165, 1.54) is 56.1 Å². The molecule has 0 fully saturated rings. The van der Waals surface area contributed by atoms with E-state index in [4.69, 9.17) is 4.74 Å². The molecule has 32 heavy (non-hydrogen) atoms. The molecular weight excluding hydrogens is 392 g/mol. The smallest absolute Gasteiger partial charge is 0.162 e. The number of benzene rings is 1. The minimum absolute atomic E-state index is 0.338. The summed E-state index contributed by atoms with van der Waals surface area (Å²) >= 11 is 0. The summed E-state index contributed by atoms with van der Waals surface area (Å²) in [4.78, 5) is 11.6. The number of para-hydroxylation sites is 1. The maximum atomic E-state index is 11.6. The quantitative estimate of drug-likeness (QED) is 0.373. The Labute approximate surface area is 200 Å². The molecule has 1 aliphatic carbocycles. The van der Waals surface area contributed by atoms with Gasteiger partial charge in [0.05, 0.1) is 7.11 Å². The van der Waals surface area contributed by atoms with Crippen LogP contribution in [-0.2, 0) is 4.79 Å². The first-order valence-electron chi connectivity index (χ1n) is 12.9. The average Bonchev–Trinajstić information content (AvgIpc) is 2.81. The fourth-order valence-electron chi connectivity index (χ4n) is 2.76. The summed E-state index contributed by atoms with van der Waals surface area (Å²) in [5.41, 5.74) is 3.44. The van der Waals surface area contributed by atoms with Gasteiger partial charge in [-0.05, 0) is 51.2 Å². The highest BCUT2D eigenvalue weighted by Gasteiger charge is 2.14. The van der Waals surface area contributed by atoms with Crippen LogP contribution in [0.3, 0.4) is 0 Å². The van der Waals surface area contributed by atoms with Gasteiger partial charge in [-0.15, -0.1) is 0 Å². The van der Waals surface area contributed by atoms with Gasteiger partial charge in [0.1, 0.15) is 5.75 Å². The van der Waals surface area contributed by atoms with Gasteiger partial charge in [-0.3, -0.25) is 4.79 Å². The molecule has 2 heteroatoms. The molecule has 0 spiro atoms. The number of aryl methyl sites for hydroxylation is 1. The van der Waals surface area contributed by atoms with E-state index in [1.54, 1.807) is 7.11 Å². The Bertz CT molecular complexity index is 617. The fourth-order valence-corrected chi connectivity index (χ4v) is 2.76. The minimum atomic E-state index is 0.338. The number of unbranched alkanes of at least 4 members (excludes halogenated alkanes) is 5. The van der Waals surface area contributed by atoms with Gasteiger partial charge in [-0.25, -0.2) is 0 Å². The Hall–Kier alpha value is -1.83. The number of carbonyl (C=O) groups excluding carboxylic acids is 1. The van der Waals surface area contributed by atoms with Gasteiger partial charge in [0.25, 0.3) is 0 Å².